The van der Waals surface area contributed by atoms with E-state index in [1.807, 2.05) is 26.0 Å². The van der Waals surface area contributed by atoms with Crippen LogP contribution in [0.15, 0.2) is 39.7 Å². The molecule has 0 unspecified atom stereocenters. The molecule has 2 rings (SSSR count). The van der Waals surface area contributed by atoms with Crippen LogP contribution in [0.1, 0.15) is 16.7 Å². The molecule has 4 nitrogen and oxygen atoms in total. The molecular formula is C15H17BrN2O2S. The van der Waals surface area contributed by atoms with Crippen LogP contribution in [0.5, 0.6) is 0 Å². The molecule has 0 atom stereocenters. The highest BCUT2D eigenvalue weighted by molar-refractivity contribution is 9.10. The minimum absolute atomic E-state index is 0.250. The minimum Gasteiger partial charge on any atom is -0.397 e. The molecular weight excluding hydrogens is 352 g/mol. The minimum atomic E-state index is -3.68. The number of sulfonamides is 1. The van der Waals surface area contributed by atoms with Gasteiger partial charge in [0.05, 0.1) is 16.3 Å². The molecule has 0 fully saturated rings. The molecule has 0 aromatic heterocycles. The Hall–Kier alpha value is -1.53. The van der Waals surface area contributed by atoms with Gasteiger partial charge in [0, 0.05) is 4.47 Å². The second-order valence-electron chi connectivity index (χ2n) is 5.09. The fraction of sp³-hybridized carbons (Fsp3) is 0.200. The van der Waals surface area contributed by atoms with E-state index in [1.165, 1.54) is 0 Å². The molecule has 0 radical (unpaired) electrons. The number of nitrogens with one attached hydrogen (secondary N) is 1. The second-order valence-corrected chi connectivity index (χ2v) is 7.59. The van der Waals surface area contributed by atoms with E-state index in [0.29, 0.717) is 21.4 Å². The number of nitrogens with two attached hydrogens (primary N) is 1. The maximum atomic E-state index is 12.5. The van der Waals surface area contributed by atoms with E-state index in [2.05, 4.69) is 20.7 Å². The first kappa shape index (κ1) is 15.9. The normalized spacial score (nSPS) is 11.4. The third kappa shape index (κ3) is 3.39. The molecule has 0 aliphatic heterocycles. The average molecular weight is 369 g/mol. The van der Waals surface area contributed by atoms with Crippen molar-refractivity contribution in [3.63, 3.8) is 0 Å². The van der Waals surface area contributed by atoms with Gasteiger partial charge in [0.1, 0.15) is 0 Å². The van der Waals surface area contributed by atoms with E-state index in [9.17, 15) is 8.42 Å². The second kappa shape index (κ2) is 5.69. The Bertz CT molecular complexity index is 778. The predicted octanol–water partition coefficient (Wildman–Crippen LogP) is 3.76. The van der Waals surface area contributed by atoms with Crippen molar-refractivity contribution in [2.45, 2.75) is 25.7 Å². The van der Waals surface area contributed by atoms with Gasteiger partial charge in [0.25, 0.3) is 10.0 Å². The smallest absolute Gasteiger partial charge is 0.262 e. The van der Waals surface area contributed by atoms with Gasteiger partial charge in [0.2, 0.25) is 0 Å². The quantitative estimate of drug-likeness (QED) is 0.810. The van der Waals surface area contributed by atoms with Crippen molar-refractivity contribution in [3.8, 4) is 0 Å². The van der Waals surface area contributed by atoms with Crippen LogP contribution in [0.25, 0.3) is 0 Å². The third-order valence-corrected chi connectivity index (χ3v) is 5.26. The number of nitrogen functional groups attached to an aromatic ring is 1. The lowest BCUT2D eigenvalue weighted by Gasteiger charge is -2.14. The van der Waals surface area contributed by atoms with Crippen LogP contribution in [0.2, 0.25) is 0 Å². The fourth-order valence-electron chi connectivity index (χ4n) is 2.17. The molecule has 2 aromatic rings. The van der Waals surface area contributed by atoms with Crippen molar-refractivity contribution in [1.29, 1.82) is 0 Å². The van der Waals surface area contributed by atoms with Gasteiger partial charge in [-0.25, -0.2) is 8.42 Å². The van der Waals surface area contributed by atoms with Crippen LogP contribution >= 0.6 is 15.9 Å². The maximum Gasteiger partial charge on any atom is 0.262 e. The zero-order valence-electron chi connectivity index (χ0n) is 12.1. The van der Waals surface area contributed by atoms with Gasteiger partial charge in [-0.2, -0.15) is 0 Å². The Balaban J connectivity index is 2.47. The van der Waals surface area contributed by atoms with E-state index in [1.54, 1.807) is 25.1 Å². The highest BCUT2D eigenvalue weighted by Crippen LogP contribution is 2.32. The van der Waals surface area contributed by atoms with Gasteiger partial charge >= 0.3 is 0 Å². The lowest BCUT2D eigenvalue weighted by Crippen LogP contribution is -2.16. The lowest BCUT2D eigenvalue weighted by atomic mass is 10.2. The van der Waals surface area contributed by atoms with Crippen molar-refractivity contribution in [1.82, 2.24) is 0 Å². The van der Waals surface area contributed by atoms with Gasteiger partial charge in [-0.3, -0.25) is 4.72 Å². The average Bonchev–Trinajstić information content (AvgIpc) is 2.33. The summed E-state index contributed by atoms with van der Waals surface area (Å²) in [4.78, 5) is 0.250. The van der Waals surface area contributed by atoms with E-state index in [0.717, 1.165) is 11.1 Å². The van der Waals surface area contributed by atoms with Crippen molar-refractivity contribution < 1.29 is 8.42 Å². The van der Waals surface area contributed by atoms with E-state index >= 15 is 0 Å². The van der Waals surface area contributed by atoms with Crippen LogP contribution < -0.4 is 10.5 Å². The summed E-state index contributed by atoms with van der Waals surface area (Å²) in [7, 11) is -3.68. The summed E-state index contributed by atoms with van der Waals surface area (Å²) >= 11 is 3.35. The molecule has 21 heavy (non-hydrogen) atoms. The molecule has 0 bridgehead atoms. The number of rotatable bonds is 3. The summed E-state index contributed by atoms with van der Waals surface area (Å²) < 4.78 is 28.2. The van der Waals surface area contributed by atoms with Crippen molar-refractivity contribution in [2.75, 3.05) is 10.5 Å². The van der Waals surface area contributed by atoms with E-state index in [4.69, 9.17) is 5.73 Å². The monoisotopic (exact) mass is 368 g/mol. The van der Waals surface area contributed by atoms with Crippen LogP contribution in [-0.2, 0) is 10.0 Å². The van der Waals surface area contributed by atoms with Crippen LogP contribution in [0.4, 0.5) is 11.4 Å². The Labute approximate surface area is 133 Å². The number of anilines is 2. The summed E-state index contributed by atoms with van der Waals surface area (Å²) in [5.41, 5.74) is 9.33. The van der Waals surface area contributed by atoms with E-state index < -0.39 is 10.0 Å². The summed E-state index contributed by atoms with van der Waals surface area (Å²) in [6.07, 6.45) is 0. The van der Waals surface area contributed by atoms with Crippen molar-refractivity contribution in [2.24, 2.45) is 0 Å². The van der Waals surface area contributed by atoms with E-state index in [-0.39, 0.29) is 4.90 Å². The SMILES string of the molecule is Cc1ccc(S(=O)(=O)Nc2c(N)cc(C)cc2Br)c(C)c1. The molecule has 0 saturated carbocycles. The molecule has 2 aromatic carbocycles. The Kier molecular flexibility index (Phi) is 4.30. The zero-order chi connectivity index (χ0) is 15.8. The Morgan fingerprint density at radius 1 is 1.05 bits per heavy atom. The molecule has 6 heteroatoms. The third-order valence-electron chi connectivity index (χ3n) is 3.12. The number of benzene rings is 2. The number of aryl methyl sites for hydroxylation is 3. The largest absolute Gasteiger partial charge is 0.397 e. The maximum absolute atomic E-state index is 12.5. The number of hydrogen-bond acceptors (Lipinski definition) is 3. The summed E-state index contributed by atoms with van der Waals surface area (Å²) in [6, 6.07) is 8.75. The van der Waals surface area contributed by atoms with Crippen LogP contribution in [0.3, 0.4) is 0 Å². The number of halogens is 1. The first-order chi connectivity index (χ1) is 9.70. The molecule has 0 aliphatic carbocycles. The van der Waals surface area contributed by atoms with Crippen LogP contribution in [0, 0.1) is 20.8 Å². The Morgan fingerprint density at radius 3 is 2.29 bits per heavy atom. The standard InChI is InChI=1S/C15H17BrN2O2S/c1-9-4-5-14(11(3)6-9)21(19,20)18-15-12(16)7-10(2)8-13(15)17/h4-8,18H,17H2,1-3H3. The zero-order valence-corrected chi connectivity index (χ0v) is 14.5. The summed E-state index contributed by atoms with van der Waals surface area (Å²) in [5.74, 6) is 0. The first-order valence-electron chi connectivity index (χ1n) is 6.36. The molecule has 0 spiro atoms. The van der Waals surface area contributed by atoms with Gasteiger partial charge in [0.15, 0.2) is 0 Å². The molecule has 112 valence electrons. The summed E-state index contributed by atoms with van der Waals surface area (Å²) in [5, 5.41) is 0. The topological polar surface area (TPSA) is 72.2 Å². The van der Waals surface area contributed by atoms with Gasteiger partial charge in [-0.1, -0.05) is 17.7 Å². The van der Waals surface area contributed by atoms with Gasteiger partial charge < -0.3 is 5.73 Å². The van der Waals surface area contributed by atoms with Crippen molar-refractivity contribution in [3.05, 3.63) is 51.5 Å². The highest BCUT2D eigenvalue weighted by atomic mass is 79.9. The predicted molar refractivity (Wildman–Crippen MR) is 90.0 cm³/mol. The molecule has 0 amide bonds. The Morgan fingerprint density at radius 2 is 1.71 bits per heavy atom. The lowest BCUT2D eigenvalue weighted by molar-refractivity contribution is 0.600. The van der Waals surface area contributed by atoms with Gasteiger partial charge in [-0.05, 0) is 66.0 Å². The first-order valence-corrected chi connectivity index (χ1v) is 8.64. The highest BCUT2D eigenvalue weighted by Gasteiger charge is 2.19. The fourth-order valence-corrected chi connectivity index (χ4v) is 4.32. The summed E-state index contributed by atoms with van der Waals surface area (Å²) in [6.45, 7) is 5.59. The van der Waals surface area contributed by atoms with Crippen LogP contribution in [-0.4, -0.2) is 8.42 Å². The molecule has 0 aliphatic rings. The van der Waals surface area contributed by atoms with Crippen molar-refractivity contribution >= 4 is 37.3 Å². The number of hydrogen-bond donors (Lipinski definition) is 2. The molecule has 0 heterocycles. The van der Waals surface area contributed by atoms with Gasteiger partial charge in [-0.15, -0.1) is 0 Å². The molecule has 3 N–H and O–H groups in total. The molecule has 0 saturated heterocycles.